The minimum absolute atomic E-state index is 0.388. The molecular weight excluding hydrogens is 242 g/mol. The summed E-state index contributed by atoms with van der Waals surface area (Å²) in [5, 5.41) is 11.0. The molecule has 0 saturated carbocycles. The molecule has 0 aromatic heterocycles. The molecule has 0 aliphatic carbocycles. The average Bonchev–Trinajstić information content (AvgIpc) is 2.37. The molecule has 0 bridgehead atoms. The molecule has 102 valence electrons. The SMILES string of the molecule is CC(C)c1ccc(CCNC(=O)/C=C/C(=O)O)cc1. The van der Waals surface area contributed by atoms with Gasteiger partial charge in [-0.2, -0.15) is 0 Å². The number of carbonyl (C=O) groups is 2. The van der Waals surface area contributed by atoms with E-state index in [1.165, 1.54) is 5.56 Å². The van der Waals surface area contributed by atoms with Gasteiger partial charge >= 0.3 is 5.97 Å². The van der Waals surface area contributed by atoms with Crippen LogP contribution in [-0.4, -0.2) is 23.5 Å². The van der Waals surface area contributed by atoms with E-state index in [1.54, 1.807) is 0 Å². The van der Waals surface area contributed by atoms with Crippen molar-refractivity contribution in [2.45, 2.75) is 26.2 Å². The van der Waals surface area contributed by atoms with Gasteiger partial charge in [0.15, 0.2) is 0 Å². The second-order valence-corrected chi connectivity index (χ2v) is 4.61. The fourth-order valence-corrected chi connectivity index (χ4v) is 1.61. The summed E-state index contributed by atoms with van der Waals surface area (Å²) >= 11 is 0. The van der Waals surface area contributed by atoms with E-state index in [9.17, 15) is 9.59 Å². The first kappa shape index (κ1) is 15.0. The van der Waals surface area contributed by atoms with Gasteiger partial charge in [0.05, 0.1) is 0 Å². The van der Waals surface area contributed by atoms with Crippen LogP contribution in [0.5, 0.6) is 0 Å². The summed E-state index contributed by atoms with van der Waals surface area (Å²) < 4.78 is 0. The molecule has 0 unspecified atom stereocenters. The molecule has 1 amide bonds. The molecule has 0 fully saturated rings. The van der Waals surface area contributed by atoms with Gasteiger partial charge < -0.3 is 10.4 Å². The lowest BCUT2D eigenvalue weighted by atomic mass is 10.0. The van der Waals surface area contributed by atoms with E-state index in [0.29, 0.717) is 12.5 Å². The molecule has 0 aliphatic heterocycles. The van der Waals surface area contributed by atoms with Gasteiger partial charge in [0.2, 0.25) is 5.91 Å². The molecular formula is C15H19NO3. The first-order chi connectivity index (χ1) is 8.99. The minimum atomic E-state index is -1.13. The van der Waals surface area contributed by atoms with E-state index in [1.807, 2.05) is 0 Å². The molecule has 4 heteroatoms. The maximum atomic E-state index is 11.2. The predicted molar refractivity (Wildman–Crippen MR) is 74.0 cm³/mol. The van der Waals surface area contributed by atoms with Gasteiger partial charge in [0, 0.05) is 18.7 Å². The topological polar surface area (TPSA) is 66.4 Å². The van der Waals surface area contributed by atoms with Crippen LogP contribution in [0.25, 0.3) is 0 Å². The van der Waals surface area contributed by atoms with Crippen molar-refractivity contribution in [3.63, 3.8) is 0 Å². The molecule has 0 atom stereocenters. The maximum absolute atomic E-state index is 11.2. The van der Waals surface area contributed by atoms with Gasteiger partial charge in [-0.15, -0.1) is 0 Å². The highest BCUT2D eigenvalue weighted by atomic mass is 16.4. The molecule has 4 nitrogen and oxygen atoms in total. The van der Waals surface area contributed by atoms with Crippen molar-refractivity contribution in [3.8, 4) is 0 Å². The molecule has 0 heterocycles. The smallest absolute Gasteiger partial charge is 0.328 e. The van der Waals surface area contributed by atoms with E-state index in [-0.39, 0.29) is 5.91 Å². The molecule has 0 radical (unpaired) electrons. The third kappa shape index (κ3) is 5.86. The first-order valence-corrected chi connectivity index (χ1v) is 6.26. The number of amides is 1. The molecule has 19 heavy (non-hydrogen) atoms. The van der Waals surface area contributed by atoms with Crippen LogP contribution in [0, 0.1) is 0 Å². The number of nitrogens with one attached hydrogen (secondary N) is 1. The van der Waals surface area contributed by atoms with Crippen LogP contribution < -0.4 is 5.32 Å². The Morgan fingerprint density at radius 3 is 2.37 bits per heavy atom. The van der Waals surface area contributed by atoms with Gasteiger partial charge in [-0.25, -0.2) is 4.79 Å². The Bertz CT molecular complexity index is 461. The predicted octanol–water partition coefficient (Wildman–Crippen LogP) is 2.11. The van der Waals surface area contributed by atoms with Crippen LogP contribution in [0.1, 0.15) is 30.9 Å². The summed E-state index contributed by atoms with van der Waals surface area (Å²) in [6.45, 7) is 4.78. The van der Waals surface area contributed by atoms with Gasteiger partial charge in [-0.3, -0.25) is 4.79 Å². The Balaban J connectivity index is 2.37. The number of carbonyl (C=O) groups excluding carboxylic acids is 1. The normalized spacial score (nSPS) is 10.9. The fourth-order valence-electron chi connectivity index (χ4n) is 1.61. The standard InChI is InChI=1S/C15H19NO3/c1-11(2)13-5-3-12(4-6-13)9-10-16-14(17)7-8-15(18)19/h3-8,11H,9-10H2,1-2H3,(H,16,17)(H,18,19)/b8-7+. The second kappa shape index (κ2) is 7.36. The van der Waals surface area contributed by atoms with Crippen LogP contribution in [-0.2, 0) is 16.0 Å². The Labute approximate surface area is 113 Å². The van der Waals surface area contributed by atoms with Gasteiger partial charge in [-0.1, -0.05) is 38.1 Å². The van der Waals surface area contributed by atoms with Crippen LogP contribution in [0.15, 0.2) is 36.4 Å². The number of carboxylic acid groups (broad SMARTS) is 1. The summed E-state index contributed by atoms with van der Waals surface area (Å²) in [5.41, 5.74) is 2.43. The van der Waals surface area contributed by atoms with E-state index >= 15 is 0 Å². The van der Waals surface area contributed by atoms with Gasteiger partial charge in [0.1, 0.15) is 0 Å². The van der Waals surface area contributed by atoms with Crippen LogP contribution in [0.3, 0.4) is 0 Å². The quantitative estimate of drug-likeness (QED) is 0.771. The zero-order chi connectivity index (χ0) is 14.3. The molecule has 0 saturated heterocycles. The van der Waals surface area contributed by atoms with Crippen molar-refractivity contribution in [3.05, 3.63) is 47.5 Å². The molecule has 1 aromatic carbocycles. The van der Waals surface area contributed by atoms with E-state index in [4.69, 9.17) is 5.11 Å². The lowest BCUT2D eigenvalue weighted by Gasteiger charge is -2.07. The Morgan fingerprint density at radius 1 is 1.21 bits per heavy atom. The highest BCUT2D eigenvalue weighted by molar-refractivity contribution is 5.93. The molecule has 1 rings (SSSR count). The van der Waals surface area contributed by atoms with Crippen LogP contribution in [0.2, 0.25) is 0 Å². The van der Waals surface area contributed by atoms with Crippen molar-refractivity contribution in [1.29, 1.82) is 0 Å². The molecule has 1 aromatic rings. The van der Waals surface area contributed by atoms with Crippen molar-refractivity contribution in [2.24, 2.45) is 0 Å². The zero-order valence-electron chi connectivity index (χ0n) is 11.2. The Kier molecular flexibility index (Phi) is 5.79. The van der Waals surface area contributed by atoms with Crippen molar-refractivity contribution >= 4 is 11.9 Å². The number of hydrogen-bond acceptors (Lipinski definition) is 2. The lowest BCUT2D eigenvalue weighted by molar-refractivity contribution is -0.131. The molecule has 2 N–H and O–H groups in total. The number of carboxylic acids is 1. The fraction of sp³-hybridized carbons (Fsp3) is 0.333. The van der Waals surface area contributed by atoms with E-state index in [0.717, 1.165) is 24.1 Å². The summed E-state index contributed by atoms with van der Waals surface area (Å²) in [4.78, 5) is 21.4. The van der Waals surface area contributed by atoms with E-state index in [2.05, 4.69) is 43.4 Å². The summed E-state index contributed by atoms with van der Waals surface area (Å²) in [6.07, 6.45) is 2.57. The first-order valence-electron chi connectivity index (χ1n) is 6.26. The largest absolute Gasteiger partial charge is 0.478 e. The van der Waals surface area contributed by atoms with Gasteiger partial charge in [0.25, 0.3) is 0 Å². The number of benzene rings is 1. The highest BCUT2D eigenvalue weighted by Gasteiger charge is 2.00. The second-order valence-electron chi connectivity index (χ2n) is 4.61. The lowest BCUT2D eigenvalue weighted by Crippen LogP contribution is -2.23. The highest BCUT2D eigenvalue weighted by Crippen LogP contribution is 2.14. The summed E-state index contributed by atoms with van der Waals surface area (Å²) in [7, 11) is 0. The monoisotopic (exact) mass is 261 g/mol. The zero-order valence-corrected chi connectivity index (χ0v) is 11.2. The molecule has 0 aliphatic rings. The number of hydrogen-bond donors (Lipinski definition) is 2. The third-order valence-electron chi connectivity index (χ3n) is 2.74. The number of aliphatic carboxylic acids is 1. The third-order valence-corrected chi connectivity index (χ3v) is 2.74. The van der Waals surface area contributed by atoms with Gasteiger partial charge in [-0.05, 0) is 23.5 Å². The number of rotatable bonds is 6. The maximum Gasteiger partial charge on any atom is 0.328 e. The molecule has 0 spiro atoms. The summed E-state index contributed by atoms with van der Waals surface area (Å²) in [6, 6.07) is 8.28. The van der Waals surface area contributed by atoms with Crippen molar-refractivity contribution < 1.29 is 14.7 Å². The van der Waals surface area contributed by atoms with Crippen molar-refractivity contribution in [1.82, 2.24) is 5.32 Å². The van der Waals surface area contributed by atoms with E-state index < -0.39 is 5.97 Å². The van der Waals surface area contributed by atoms with Crippen LogP contribution in [0.4, 0.5) is 0 Å². The minimum Gasteiger partial charge on any atom is -0.478 e. The Morgan fingerprint density at radius 2 is 1.84 bits per heavy atom. The van der Waals surface area contributed by atoms with Crippen LogP contribution >= 0.6 is 0 Å². The summed E-state index contributed by atoms with van der Waals surface area (Å²) in [5.74, 6) is -1.00. The Hall–Kier alpha value is -2.10. The van der Waals surface area contributed by atoms with Crippen molar-refractivity contribution in [2.75, 3.05) is 6.54 Å². The average molecular weight is 261 g/mol.